The van der Waals surface area contributed by atoms with Gasteiger partial charge in [-0.2, -0.15) is 0 Å². The summed E-state index contributed by atoms with van der Waals surface area (Å²) in [4.78, 5) is 16.3. The van der Waals surface area contributed by atoms with Gasteiger partial charge in [-0.15, -0.1) is 24.0 Å². The first-order valence-electron chi connectivity index (χ1n) is 8.59. The van der Waals surface area contributed by atoms with Gasteiger partial charge in [-0.3, -0.25) is 4.79 Å². The molecule has 0 aliphatic heterocycles. The van der Waals surface area contributed by atoms with E-state index in [1.165, 1.54) is 17.4 Å². The highest BCUT2D eigenvalue weighted by molar-refractivity contribution is 14.0. The molecule has 28 heavy (non-hydrogen) atoms. The van der Waals surface area contributed by atoms with E-state index in [1.54, 1.807) is 12.1 Å². The van der Waals surface area contributed by atoms with Crippen LogP contribution in [0, 0.1) is 13.8 Å². The molecule has 0 aliphatic carbocycles. The number of guanidine groups is 1. The van der Waals surface area contributed by atoms with Crippen LogP contribution in [0.3, 0.4) is 0 Å². The number of furan rings is 1. The summed E-state index contributed by atoms with van der Waals surface area (Å²) < 4.78 is 5.07. The fourth-order valence-corrected chi connectivity index (χ4v) is 2.48. The van der Waals surface area contributed by atoms with Gasteiger partial charge in [0, 0.05) is 11.4 Å². The van der Waals surface area contributed by atoms with Crippen LogP contribution >= 0.6 is 24.0 Å². The predicted molar refractivity (Wildman–Crippen MR) is 123 cm³/mol. The number of benzene rings is 2. The van der Waals surface area contributed by atoms with Gasteiger partial charge < -0.3 is 20.8 Å². The first kappa shape index (κ1) is 21.5. The molecule has 1 aromatic heterocycles. The lowest BCUT2D eigenvalue weighted by Crippen LogP contribution is -2.22. The summed E-state index contributed by atoms with van der Waals surface area (Å²) in [5, 5.41) is 5.87. The molecule has 3 rings (SSSR count). The molecule has 0 saturated heterocycles. The van der Waals surface area contributed by atoms with Crippen LogP contribution in [-0.4, -0.2) is 11.9 Å². The number of carbonyl (C=O) groups excluding carboxylic acids is 1. The SMILES string of the molecule is Cc1ccc(NC(N)=NCc2ccc(NC(=O)c3ccco3)cc2)cc1C.I. The first-order valence-corrected chi connectivity index (χ1v) is 8.59. The van der Waals surface area contributed by atoms with Crippen LogP contribution in [0.4, 0.5) is 11.4 Å². The van der Waals surface area contributed by atoms with Gasteiger partial charge in [0.05, 0.1) is 12.8 Å². The molecule has 6 nitrogen and oxygen atoms in total. The maximum absolute atomic E-state index is 11.9. The van der Waals surface area contributed by atoms with Gasteiger partial charge in [0.2, 0.25) is 0 Å². The molecule has 0 radical (unpaired) electrons. The van der Waals surface area contributed by atoms with Crippen molar-refractivity contribution in [3.63, 3.8) is 0 Å². The van der Waals surface area contributed by atoms with Gasteiger partial charge >= 0.3 is 0 Å². The van der Waals surface area contributed by atoms with Crippen molar-refractivity contribution in [1.82, 2.24) is 0 Å². The minimum Gasteiger partial charge on any atom is -0.459 e. The molecule has 0 bridgehead atoms. The second-order valence-electron chi connectivity index (χ2n) is 6.25. The topological polar surface area (TPSA) is 92.6 Å². The molecule has 3 aromatic rings. The van der Waals surface area contributed by atoms with Crippen LogP contribution in [0.5, 0.6) is 0 Å². The summed E-state index contributed by atoms with van der Waals surface area (Å²) in [6.45, 7) is 4.56. The van der Waals surface area contributed by atoms with Crippen molar-refractivity contribution in [1.29, 1.82) is 0 Å². The fourth-order valence-electron chi connectivity index (χ4n) is 2.48. The quantitative estimate of drug-likeness (QED) is 0.275. The summed E-state index contributed by atoms with van der Waals surface area (Å²) in [6, 6.07) is 16.8. The highest BCUT2D eigenvalue weighted by Crippen LogP contribution is 2.15. The van der Waals surface area contributed by atoms with E-state index >= 15 is 0 Å². The minimum absolute atomic E-state index is 0. The van der Waals surface area contributed by atoms with E-state index in [0.717, 1.165) is 11.3 Å². The number of hydrogen-bond acceptors (Lipinski definition) is 3. The van der Waals surface area contributed by atoms with Crippen LogP contribution < -0.4 is 16.4 Å². The van der Waals surface area contributed by atoms with Crippen molar-refractivity contribution in [3.05, 3.63) is 83.3 Å². The van der Waals surface area contributed by atoms with Crippen molar-refractivity contribution < 1.29 is 9.21 Å². The molecular weight excluding hydrogens is 467 g/mol. The zero-order valence-corrected chi connectivity index (χ0v) is 18.1. The standard InChI is InChI=1S/C21H22N4O2.HI/c1-14-5-8-18(12-15(14)2)25-21(22)23-13-16-6-9-17(10-7-16)24-20(26)19-4-3-11-27-19;/h3-12H,13H2,1-2H3,(H,24,26)(H3,22,23,25);1H. The number of aliphatic imine (C=N–C) groups is 1. The van der Waals surface area contributed by atoms with Crippen molar-refractivity contribution in [2.24, 2.45) is 10.7 Å². The third kappa shape index (κ3) is 5.85. The summed E-state index contributed by atoms with van der Waals surface area (Å²) in [5.41, 5.74) is 11.0. The van der Waals surface area contributed by atoms with Crippen LogP contribution in [0.2, 0.25) is 0 Å². The summed E-state index contributed by atoms with van der Waals surface area (Å²) in [6.07, 6.45) is 1.46. The monoisotopic (exact) mass is 490 g/mol. The zero-order valence-electron chi connectivity index (χ0n) is 15.7. The van der Waals surface area contributed by atoms with Crippen molar-refractivity contribution >= 4 is 47.2 Å². The van der Waals surface area contributed by atoms with Crippen LogP contribution in [0.25, 0.3) is 0 Å². The second kappa shape index (κ2) is 9.93. The Morgan fingerprint density at radius 3 is 2.36 bits per heavy atom. The molecule has 0 unspecified atom stereocenters. The molecule has 1 heterocycles. The smallest absolute Gasteiger partial charge is 0.291 e. The Morgan fingerprint density at radius 2 is 1.71 bits per heavy atom. The van der Waals surface area contributed by atoms with Crippen molar-refractivity contribution in [2.75, 3.05) is 10.6 Å². The number of anilines is 2. The summed E-state index contributed by atoms with van der Waals surface area (Å²) in [7, 11) is 0. The molecule has 0 saturated carbocycles. The average Bonchev–Trinajstić information content (AvgIpc) is 3.19. The van der Waals surface area contributed by atoms with Gasteiger partial charge in [0.25, 0.3) is 5.91 Å². The first-order chi connectivity index (χ1) is 13.0. The largest absolute Gasteiger partial charge is 0.459 e. The fraction of sp³-hybridized carbons (Fsp3) is 0.143. The average molecular weight is 490 g/mol. The van der Waals surface area contributed by atoms with Crippen molar-refractivity contribution in [3.8, 4) is 0 Å². The van der Waals surface area contributed by atoms with Gasteiger partial charge in [0.1, 0.15) is 0 Å². The van der Waals surface area contributed by atoms with Gasteiger partial charge in [-0.1, -0.05) is 18.2 Å². The van der Waals surface area contributed by atoms with Crippen molar-refractivity contribution in [2.45, 2.75) is 20.4 Å². The Bertz CT molecular complexity index is 951. The van der Waals surface area contributed by atoms with E-state index in [0.29, 0.717) is 18.2 Å². The number of hydrogen-bond donors (Lipinski definition) is 3. The number of halogens is 1. The Labute approximate surface area is 181 Å². The normalized spacial score (nSPS) is 10.9. The third-order valence-electron chi connectivity index (χ3n) is 4.17. The number of carbonyl (C=O) groups is 1. The lowest BCUT2D eigenvalue weighted by molar-refractivity contribution is 0.0996. The van der Waals surface area contributed by atoms with E-state index in [9.17, 15) is 4.79 Å². The zero-order chi connectivity index (χ0) is 19.2. The second-order valence-corrected chi connectivity index (χ2v) is 6.25. The highest BCUT2D eigenvalue weighted by Gasteiger charge is 2.08. The minimum atomic E-state index is -0.285. The maximum atomic E-state index is 11.9. The number of amides is 1. The van der Waals surface area contributed by atoms with Gasteiger partial charge in [-0.05, 0) is 66.9 Å². The summed E-state index contributed by atoms with van der Waals surface area (Å²) in [5.74, 6) is 0.343. The number of nitrogens with one attached hydrogen (secondary N) is 2. The summed E-state index contributed by atoms with van der Waals surface area (Å²) >= 11 is 0. The highest BCUT2D eigenvalue weighted by atomic mass is 127. The van der Waals surface area contributed by atoms with E-state index in [-0.39, 0.29) is 35.6 Å². The molecule has 7 heteroatoms. The Kier molecular flexibility index (Phi) is 7.62. The van der Waals surface area contributed by atoms with Gasteiger partial charge in [-0.25, -0.2) is 4.99 Å². The Balaban J connectivity index is 0.00000280. The van der Waals surface area contributed by atoms with E-state index in [2.05, 4.69) is 29.5 Å². The van der Waals surface area contributed by atoms with E-state index in [1.807, 2.05) is 42.5 Å². The number of aryl methyl sites for hydroxylation is 2. The lowest BCUT2D eigenvalue weighted by Gasteiger charge is -2.08. The molecule has 146 valence electrons. The van der Waals surface area contributed by atoms with Gasteiger partial charge in [0.15, 0.2) is 11.7 Å². The molecule has 0 atom stereocenters. The molecule has 1 amide bonds. The molecule has 0 aliphatic rings. The predicted octanol–water partition coefficient (Wildman–Crippen LogP) is 4.69. The third-order valence-corrected chi connectivity index (χ3v) is 4.17. The molecular formula is C21H23IN4O2. The Morgan fingerprint density at radius 1 is 1.00 bits per heavy atom. The van der Waals surface area contributed by atoms with Crippen LogP contribution in [0.1, 0.15) is 27.2 Å². The maximum Gasteiger partial charge on any atom is 0.291 e. The number of nitrogens with two attached hydrogens (primary N) is 1. The van der Waals surface area contributed by atoms with Crippen LogP contribution in [0.15, 0.2) is 70.3 Å². The number of rotatable bonds is 5. The van der Waals surface area contributed by atoms with E-state index in [4.69, 9.17) is 10.2 Å². The molecule has 0 fully saturated rings. The molecule has 4 N–H and O–H groups in total. The lowest BCUT2D eigenvalue weighted by atomic mass is 10.1. The molecule has 0 spiro atoms. The van der Waals surface area contributed by atoms with Crippen LogP contribution in [-0.2, 0) is 6.54 Å². The number of nitrogens with zero attached hydrogens (tertiary/aromatic N) is 1. The van der Waals surface area contributed by atoms with E-state index < -0.39 is 0 Å². The Hall–Kier alpha value is -2.81. The molecule has 2 aromatic carbocycles.